The van der Waals surface area contributed by atoms with Crippen LogP contribution in [-0.2, 0) is 34.1 Å². The topological polar surface area (TPSA) is 0 Å². The SMILES string of the molecule is C1=CC[C]([Zr+2](=[C](Cc2ccccc2)Cc2ccccc2)[CH]2c3ccccc3-c3ccc4ccccc4c32)=C1.[Cl-].[Cl-]. The predicted molar refractivity (Wildman–Crippen MR) is 158 cm³/mol. The Morgan fingerprint density at radius 1 is 0.625 bits per heavy atom. The summed E-state index contributed by atoms with van der Waals surface area (Å²) in [5.41, 5.74) is 8.92. The van der Waals surface area contributed by atoms with Gasteiger partial charge in [-0.1, -0.05) is 0 Å². The van der Waals surface area contributed by atoms with E-state index < -0.39 is 21.3 Å². The van der Waals surface area contributed by atoms with Gasteiger partial charge in [-0.25, -0.2) is 0 Å². The van der Waals surface area contributed by atoms with Gasteiger partial charge in [0.2, 0.25) is 0 Å². The van der Waals surface area contributed by atoms with Crippen LogP contribution >= 0.6 is 0 Å². The molecule has 0 saturated carbocycles. The molecular weight excluding hydrogens is 607 g/mol. The van der Waals surface area contributed by atoms with Gasteiger partial charge >= 0.3 is 234 Å². The molecule has 1 unspecified atom stereocenters. The Kier molecular flexibility index (Phi) is 9.17. The maximum Gasteiger partial charge on any atom is -1.00 e. The second-order valence-corrected chi connectivity index (χ2v) is 17.2. The van der Waals surface area contributed by atoms with Crippen LogP contribution in [0, 0.1) is 0 Å². The number of fused-ring (bicyclic) bond motifs is 5. The van der Waals surface area contributed by atoms with E-state index in [-0.39, 0.29) is 24.8 Å². The summed E-state index contributed by atoms with van der Waals surface area (Å²) in [4.78, 5) is 0. The molecule has 0 heterocycles. The van der Waals surface area contributed by atoms with Gasteiger partial charge in [0.05, 0.1) is 0 Å². The number of hydrogen-bond acceptors (Lipinski definition) is 0. The first-order valence-corrected chi connectivity index (χ1v) is 17.5. The molecule has 2 aliphatic carbocycles. The molecule has 5 aromatic carbocycles. The molecule has 0 N–H and O–H groups in total. The third kappa shape index (κ3) is 5.41. The zero-order chi connectivity index (χ0) is 25.3. The van der Waals surface area contributed by atoms with Crippen molar-refractivity contribution in [1.82, 2.24) is 0 Å². The van der Waals surface area contributed by atoms with E-state index in [1.165, 1.54) is 33.0 Å². The van der Waals surface area contributed by atoms with Crippen LogP contribution < -0.4 is 24.8 Å². The Morgan fingerprint density at radius 3 is 1.93 bits per heavy atom. The molecule has 0 saturated heterocycles. The van der Waals surface area contributed by atoms with Crippen LogP contribution in [0.3, 0.4) is 0 Å². The largest absolute Gasteiger partial charge is 1.00 e. The Balaban J connectivity index is 0.00000161. The van der Waals surface area contributed by atoms with Crippen molar-refractivity contribution in [2.75, 3.05) is 0 Å². The molecule has 0 spiro atoms. The van der Waals surface area contributed by atoms with Crippen LogP contribution in [0.5, 0.6) is 0 Å². The van der Waals surface area contributed by atoms with Gasteiger partial charge in [-0.2, -0.15) is 0 Å². The zero-order valence-corrected chi connectivity index (χ0v) is 26.2. The fourth-order valence-corrected chi connectivity index (χ4v) is 15.8. The minimum Gasteiger partial charge on any atom is -1.00 e. The molecule has 0 aliphatic heterocycles. The summed E-state index contributed by atoms with van der Waals surface area (Å²) in [6, 6.07) is 45.4. The fraction of sp³-hybridized carbons (Fsp3) is 0.108. The summed E-state index contributed by atoms with van der Waals surface area (Å²) in [6.45, 7) is 0. The van der Waals surface area contributed by atoms with E-state index in [4.69, 9.17) is 0 Å². The first-order chi connectivity index (χ1) is 18.9. The normalized spacial score (nSPS) is 14.3. The molecule has 0 amide bonds. The van der Waals surface area contributed by atoms with Crippen molar-refractivity contribution < 1.29 is 46.1 Å². The van der Waals surface area contributed by atoms with Crippen molar-refractivity contribution in [3.63, 3.8) is 0 Å². The molecule has 7 rings (SSSR count). The van der Waals surface area contributed by atoms with Gasteiger partial charge in [0.15, 0.2) is 0 Å². The van der Waals surface area contributed by atoms with E-state index in [2.05, 4.69) is 140 Å². The second kappa shape index (κ2) is 12.8. The van der Waals surface area contributed by atoms with E-state index in [9.17, 15) is 0 Å². The van der Waals surface area contributed by atoms with Crippen LogP contribution in [0.4, 0.5) is 0 Å². The monoisotopic (exact) mass is 634 g/mol. The van der Waals surface area contributed by atoms with Gasteiger partial charge < -0.3 is 24.8 Å². The summed E-state index contributed by atoms with van der Waals surface area (Å²) >= 11 is -2.48. The molecule has 0 nitrogen and oxygen atoms in total. The van der Waals surface area contributed by atoms with Crippen molar-refractivity contribution in [1.29, 1.82) is 0 Å². The van der Waals surface area contributed by atoms with Gasteiger partial charge in [0.25, 0.3) is 0 Å². The molecule has 1 atom stereocenters. The molecule has 40 heavy (non-hydrogen) atoms. The van der Waals surface area contributed by atoms with Crippen molar-refractivity contribution in [2.45, 2.75) is 22.9 Å². The molecular formula is C37H30Cl2Zr. The summed E-state index contributed by atoms with van der Waals surface area (Å²) in [7, 11) is 0. The van der Waals surface area contributed by atoms with Gasteiger partial charge in [-0.05, 0) is 0 Å². The first kappa shape index (κ1) is 28.7. The molecule has 2 aliphatic rings. The van der Waals surface area contributed by atoms with Crippen molar-refractivity contribution in [3.8, 4) is 11.1 Å². The number of rotatable bonds is 6. The quantitative estimate of drug-likeness (QED) is 0.269. The van der Waals surface area contributed by atoms with Crippen LogP contribution in [0.15, 0.2) is 143 Å². The summed E-state index contributed by atoms with van der Waals surface area (Å²) < 4.78 is 4.01. The van der Waals surface area contributed by atoms with Crippen LogP contribution in [0.1, 0.15) is 32.3 Å². The molecule has 0 bridgehead atoms. The number of hydrogen-bond donors (Lipinski definition) is 0. The minimum atomic E-state index is -2.48. The average molecular weight is 637 g/mol. The maximum atomic E-state index is 2.48. The average Bonchev–Trinajstić information content (AvgIpc) is 3.62. The third-order valence-corrected chi connectivity index (χ3v) is 16.4. The van der Waals surface area contributed by atoms with E-state index >= 15 is 0 Å². The first-order valence-electron chi connectivity index (χ1n) is 13.6. The molecule has 3 heteroatoms. The standard InChI is InChI=1S/C17H11.C15H14.C5H5.2ClH.Zr/c1-3-7-14-12(5-1)9-10-16-15-8-4-2-6-13(15)11-17(14)16;1-3-8-14(9-4-1)12-7-13-15-10-5-2-6-11-15;1-2-4-5-3-1;;;/h1-11H;1-6,8-11H,12-13H2;1-3H,4H2;2*1H;/q;;;;;+2/p-2. The molecule has 0 radical (unpaired) electrons. The van der Waals surface area contributed by atoms with E-state index in [1.807, 2.05) is 0 Å². The zero-order valence-electron chi connectivity index (χ0n) is 22.2. The Hall–Kier alpha value is -2.83. The van der Waals surface area contributed by atoms with E-state index in [0.29, 0.717) is 3.63 Å². The third-order valence-electron chi connectivity index (χ3n) is 8.13. The van der Waals surface area contributed by atoms with E-state index in [0.717, 1.165) is 19.3 Å². The fourth-order valence-electron chi connectivity index (χ4n) is 6.49. The van der Waals surface area contributed by atoms with Crippen molar-refractivity contribution in [3.05, 3.63) is 165 Å². The molecule has 0 fully saturated rings. The Bertz CT molecular complexity index is 1690. The second-order valence-electron chi connectivity index (χ2n) is 10.4. The van der Waals surface area contributed by atoms with Crippen molar-refractivity contribution >= 4 is 14.0 Å². The molecule has 0 aromatic heterocycles. The number of halogens is 2. The van der Waals surface area contributed by atoms with Gasteiger partial charge in [-0.3, -0.25) is 0 Å². The predicted octanol–water partition coefficient (Wildman–Crippen LogP) is 3.04. The summed E-state index contributed by atoms with van der Waals surface area (Å²) in [5, 5.41) is 2.80. The van der Waals surface area contributed by atoms with Crippen LogP contribution in [0.2, 0.25) is 0 Å². The molecule has 5 aromatic rings. The Labute approximate surface area is 257 Å². The van der Waals surface area contributed by atoms with Gasteiger partial charge in [0.1, 0.15) is 0 Å². The summed E-state index contributed by atoms with van der Waals surface area (Å²) in [6.07, 6.45) is 10.4. The van der Waals surface area contributed by atoms with Crippen molar-refractivity contribution in [2.24, 2.45) is 0 Å². The minimum absolute atomic E-state index is 0. The number of allylic oxidation sites excluding steroid dienone is 4. The Morgan fingerprint density at radius 2 is 1.25 bits per heavy atom. The molecule has 196 valence electrons. The van der Waals surface area contributed by atoms with Crippen LogP contribution in [-0.4, -0.2) is 3.21 Å². The maximum absolute atomic E-state index is 2.48. The van der Waals surface area contributed by atoms with Crippen LogP contribution in [0.25, 0.3) is 21.9 Å². The summed E-state index contributed by atoms with van der Waals surface area (Å²) in [5.74, 6) is 0. The number of benzene rings is 5. The van der Waals surface area contributed by atoms with Gasteiger partial charge in [-0.15, -0.1) is 0 Å². The van der Waals surface area contributed by atoms with E-state index in [1.54, 1.807) is 17.6 Å². The van der Waals surface area contributed by atoms with Gasteiger partial charge in [0, 0.05) is 0 Å². The smallest absolute Gasteiger partial charge is 1.00 e.